The van der Waals surface area contributed by atoms with Crippen molar-refractivity contribution in [3.63, 3.8) is 0 Å². The minimum Gasteiger partial charge on any atom is -0.403 e. The highest BCUT2D eigenvalue weighted by molar-refractivity contribution is 6.30. The number of hydrogen-bond donors (Lipinski definition) is 3. The first-order valence-corrected chi connectivity index (χ1v) is 5.84. The Morgan fingerprint density at radius 3 is 2.41 bits per heavy atom. The molecule has 1 aromatic carbocycles. The van der Waals surface area contributed by atoms with E-state index in [-0.39, 0.29) is 12.1 Å². The summed E-state index contributed by atoms with van der Waals surface area (Å²) in [5.74, 6) is 5.87. The maximum Gasteiger partial charge on any atom is 0.0634 e. The van der Waals surface area contributed by atoms with E-state index in [9.17, 15) is 0 Å². The Labute approximate surface area is 107 Å². The molecule has 0 saturated heterocycles. The van der Waals surface area contributed by atoms with Gasteiger partial charge in [-0.25, -0.2) is 5.84 Å². The molecule has 4 nitrogen and oxygen atoms in total. The summed E-state index contributed by atoms with van der Waals surface area (Å²) < 4.78 is 0. The summed E-state index contributed by atoms with van der Waals surface area (Å²) in [4.78, 5) is 0. The molecule has 0 bridgehead atoms. The molecule has 2 unspecified atom stereocenters. The molecule has 0 fully saturated rings. The van der Waals surface area contributed by atoms with Crippen molar-refractivity contribution < 1.29 is 0 Å². The van der Waals surface area contributed by atoms with Crippen molar-refractivity contribution in [2.45, 2.75) is 25.4 Å². The van der Waals surface area contributed by atoms with Gasteiger partial charge in [-0.15, -0.1) is 0 Å². The van der Waals surface area contributed by atoms with Crippen LogP contribution in [0, 0.1) is 0 Å². The van der Waals surface area contributed by atoms with Crippen molar-refractivity contribution in [2.75, 3.05) is 0 Å². The van der Waals surface area contributed by atoms with Gasteiger partial charge in [0.2, 0.25) is 0 Å². The second-order valence-corrected chi connectivity index (χ2v) is 4.48. The fourth-order valence-corrected chi connectivity index (χ4v) is 1.76. The predicted octanol–water partition coefficient (Wildman–Crippen LogP) is 1.20. The molecule has 0 amide bonds. The van der Waals surface area contributed by atoms with Crippen LogP contribution >= 0.6 is 11.6 Å². The van der Waals surface area contributed by atoms with E-state index in [0.717, 1.165) is 17.0 Å². The van der Waals surface area contributed by atoms with Crippen LogP contribution in [0.4, 0.5) is 0 Å². The van der Waals surface area contributed by atoms with Crippen molar-refractivity contribution in [3.8, 4) is 0 Å². The van der Waals surface area contributed by atoms with E-state index in [1.807, 2.05) is 31.2 Å². The maximum atomic E-state index is 5.92. The minimum atomic E-state index is -0.0631. The van der Waals surface area contributed by atoms with Gasteiger partial charge in [0.05, 0.1) is 6.04 Å². The summed E-state index contributed by atoms with van der Waals surface area (Å²) in [7, 11) is 0. The molecule has 0 spiro atoms. The molecule has 5 heteroatoms. The summed E-state index contributed by atoms with van der Waals surface area (Å²) >= 11 is 5.84. The second-order valence-electron chi connectivity index (χ2n) is 4.05. The van der Waals surface area contributed by atoms with Crippen molar-refractivity contribution in [1.29, 1.82) is 0 Å². The van der Waals surface area contributed by atoms with Crippen molar-refractivity contribution in [1.82, 2.24) is 5.01 Å². The first-order valence-electron chi connectivity index (χ1n) is 5.46. The van der Waals surface area contributed by atoms with Gasteiger partial charge in [-0.2, -0.15) is 0 Å². The quantitative estimate of drug-likeness (QED) is 0.545. The zero-order valence-electron chi connectivity index (χ0n) is 9.88. The average molecular weight is 255 g/mol. The lowest BCUT2D eigenvalue weighted by Crippen LogP contribution is -2.48. The van der Waals surface area contributed by atoms with Crippen LogP contribution in [0.2, 0.25) is 5.02 Å². The molecule has 6 N–H and O–H groups in total. The van der Waals surface area contributed by atoms with Gasteiger partial charge in [-0.1, -0.05) is 23.7 Å². The Morgan fingerprint density at radius 1 is 1.35 bits per heavy atom. The van der Waals surface area contributed by atoms with Gasteiger partial charge in [0.15, 0.2) is 0 Å². The number of nitrogens with zero attached hydrogens (tertiary/aromatic N) is 1. The number of halogens is 1. The molecule has 94 valence electrons. The van der Waals surface area contributed by atoms with Crippen molar-refractivity contribution in [3.05, 3.63) is 47.3 Å². The summed E-state index contributed by atoms with van der Waals surface area (Å²) in [6.45, 7) is 1.92. The SMILES string of the molecule is CC(N)C(Cc1ccc(Cl)cc1)N(N)/C=C\N. The zero-order valence-corrected chi connectivity index (χ0v) is 10.6. The van der Waals surface area contributed by atoms with Crippen molar-refractivity contribution >= 4 is 11.6 Å². The fraction of sp³-hybridized carbons (Fsp3) is 0.333. The highest BCUT2D eigenvalue weighted by Crippen LogP contribution is 2.13. The number of nitrogens with two attached hydrogens (primary N) is 3. The molecule has 0 aromatic heterocycles. The number of hydrogen-bond acceptors (Lipinski definition) is 4. The lowest BCUT2D eigenvalue weighted by molar-refractivity contribution is 0.250. The molecule has 0 saturated carbocycles. The van der Waals surface area contributed by atoms with Gasteiger partial charge in [0, 0.05) is 23.5 Å². The summed E-state index contributed by atoms with van der Waals surface area (Å²) in [5.41, 5.74) is 12.4. The average Bonchev–Trinajstić information content (AvgIpc) is 2.28. The van der Waals surface area contributed by atoms with E-state index in [1.165, 1.54) is 6.20 Å². The first kappa shape index (κ1) is 13.8. The van der Waals surface area contributed by atoms with Gasteiger partial charge < -0.3 is 16.5 Å². The monoisotopic (exact) mass is 254 g/mol. The largest absolute Gasteiger partial charge is 0.403 e. The Kier molecular flexibility index (Phi) is 5.28. The zero-order chi connectivity index (χ0) is 12.8. The predicted molar refractivity (Wildman–Crippen MR) is 71.9 cm³/mol. The highest BCUT2D eigenvalue weighted by atomic mass is 35.5. The van der Waals surface area contributed by atoms with E-state index in [4.69, 9.17) is 28.9 Å². The van der Waals surface area contributed by atoms with E-state index >= 15 is 0 Å². The second kappa shape index (κ2) is 6.49. The molecule has 0 aliphatic heterocycles. The summed E-state index contributed by atoms with van der Waals surface area (Å²) in [5, 5.41) is 2.26. The Morgan fingerprint density at radius 2 is 1.94 bits per heavy atom. The van der Waals surface area contributed by atoms with Gasteiger partial charge in [-0.3, -0.25) is 0 Å². The van der Waals surface area contributed by atoms with Gasteiger partial charge in [0.1, 0.15) is 0 Å². The minimum absolute atomic E-state index is 0.00373. The first-order chi connectivity index (χ1) is 8.04. The summed E-state index contributed by atoms with van der Waals surface area (Å²) in [6.07, 6.45) is 3.76. The van der Waals surface area contributed by atoms with Crippen LogP contribution in [-0.4, -0.2) is 17.1 Å². The highest BCUT2D eigenvalue weighted by Gasteiger charge is 2.17. The molecule has 2 atom stereocenters. The maximum absolute atomic E-state index is 5.92. The van der Waals surface area contributed by atoms with Gasteiger partial charge in [-0.05, 0) is 31.0 Å². The normalized spacial score (nSPS) is 14.8. The van der Waals surface area contributed by atoms with Gasteiger partial charge in [0.25, 0.3) is 0 Å². The van der Waals surface area contributed by atoms with E-state index in [0.29, 0.717) is 0 Å². The molecular formula is C12H19ClN4. The molecule has 0 aliphatic carbocycles. The lowest BCUT2D eigenvalue weighted by atomic mass is 10.0. The van der Waals surface area contributed by atoms with Crippen LogP contribution < -0.4 is 17.3 Å². The fourth-order valence-electron chi connectivity index (χ4n) is 1.63. The number of hydrazine groups is 1. The third-order valence-electron chi connectivity index (χ3n) is 2.61. The van der Waals surface area contributed by atoms with Crippen LogP contribution in [0.15, 0.2) is 36.7 Å². The molecule has 0 radical (unpaired) electrons. The molecule has 0 heterocycles. The standard InChI is InChI=1S/C12H19ClN4/c1-9(15)12(17(16)7-6-14)8-10-2-4-11(13)5-3-10/h2-7,9,12H,8,14-16H2,1H3/b7-6-. The molecular weight excluding hydrogens is 236 g/mol. The Hall–Kier alpha value is -1.23. The number of benzene rings is 1. The van der Waals surface area contributed by atoms with Crippen molar-refractivity contribution in [2.24, 2.45) is 17.3 Å². The van der Waals surface area contributed by atoms with Crippen LogP contribution in [0.5, 0.6) is 0 Å². The van der Waals surface area contributed by atoms with Crippen LogP contribution in [0.1, 0.15) is 12.5 Å². The third kappa shape index (κ3) is 4.26. The molecule has 1 rings (SSSR count). The summed E-state index contributed by atoms with van der Waals surface area (Å²) in [6, 6.07) is 7.58. The smallest absolute Gasteiger partial charge is 0.0634 e. The topological polar surface area (TPSA) is 81.3 Å². The Balaban J connectivity index is 2.76. The van der Waals surface area contributed by atoms with Gasteiger partial charge >= 0.3 is 0 Å². The van der Waals surface area contributed by atoms with E-state index in [2.05, 4.69) is 0 Å². The third-order valence-corrected chi connectivity index (χ3v) is 2.86. The van der Waals surface area contributed by atoms with Crippen LogP contribution in [0.25, 0.3) is 0 Å². The van der Waals surface area contributed by atoms with Crippen LogP contribution in [-0.2, 0) is 6.42 Å². The molecule has 17 heavy (non-hydrogen) atoms. The number of rotatable bonds is 5. The van der Waals surface area contributed by atoms with Crippen LogP contribution in [0.3, 0.4) is 0 Å². The molecule has 0 aliphatic rings. The Bertz CT molecular complexity index is 361. The lowest BCUT2D eigenvalue weighted by Gasteiger charge is -2.29. The van der Waals surface area contributed by atoms with E-state index < -0.39 is 0 Å². The van der Waals surface area contributed by atoms with E-state index in [1.54, 1.807) is 11.2 Å². The molecule has 1 aromatic rings.